The topological polar surface area (TPSA) is 142 Å². The molecule has 0 saturated carbocycles. The Hall–Kier alpha value is -3.69. The molecule has 0 saturated heterocycles. The number of ether oxygens (including phenoxy) is 1. The van der Waals surface area contributed by atoms with Gasteiger partial charge in [-0.25, -0.2) is 9.59 Å². The molecule has 0 bridgehead atoms. The Morgan fingerprint density at radius 1 is 1.11 bits per heavy atom. The van der Waals surface area contributed by atoms with E-state index in [1.807, 2.05) is 0 Å². The van der Waals surface area contributed by atoms with Crippen molar-refractivity contribution in [1.29, 1.82) is 0 Å². The summed E-state index contributed by atoms with van der Waals surface area (Å²) in [6, 6.07) is 7.23. The second kappa shape index (κ2) is 8.33. The van der Waals surface area contributed by atoms with Crippen molar-refractivity contribution in [2.24, 2.45) is 14.1 Å². The van der Waals surface area contributed by atoms with E-state index in [0.29, 0.717) is 5.56 Å². The molecule has 1 aromatic heterocycles. The molecule has 0 aliphatic heterocycles. The molecule has 10 heteroatoms. The summed E-state index contributed by atoms with van der Waals surface area (Å²) in [6.07, 6.45) is 0. The molecule has 1 heterocycles. The highest BCUT2D eigenvalue weighted by molar-refractivity contribution is 6.01. The van der Waals surface area contributed by atoms with Crippen LogP contribution in [-0.4, -0.2) is 39.4 Å². The lowest BCUT2D eigenvalue weighted by atomic mass is 10.2. The lowest BCUT2D eigenvalue weighted by Crippen LogP contribution is -2.43. The van der Waals surface area contributed by atoms with E-state index in [1.165, 1.54) is 21.0 Å². The smallest absolute Gasteiger partial charge is 0.332 e. The van der Waals surface area contributed by atoms with Crippen LogP contribution in [0.4, 0.5) is 5.82 Å². The number of carbonyl (C=O) groups excluding carboxylic acids is 3. The van der Waals surface area contributed by atoms with Crippen LogP contribution in [0.2, 0.25) is 0 Å². The van der Waals surface area contributed by atoms with Gasteiger partial charge in [0.05, 0.1) is 0 Å². The summed E-state index contributed by atoms with van der Waals surface area (Å²) in [5, 5.41) is 2.45. The molecule has 2 rings (SSSR count). The van der Waals surface area contributed by atoms with E-state index < -0.39 is 47.1 Å². The average molecular weight is 388 g/mol. The highest BCUT2D eigenvalue weighted by Gasteiger charge is 2.23. The van der Waals surface area contributed by atoms with E-state index in [2.05, 4.69) is 5.32 Å². The molecular weight excluding hydrogens is 368 g/mol. The number of nitrogen functional groups attached to an aromatic ring is 1. The minimum atomic E-state index is -1.03. The second-order valence-corrected chi connectivity index (χ2v) is 6.06. The Bertz CT molecular complexity index is 1040. The summed E-state index contributed by atoms with van der Waals surface area (Å²) in [5.74, 6) is -2.52. The third-order valence-corrected chi connectivity index (χ3v) is 4.07. The number of nitrogens with zero attached hydrogens (tertiary/aromatic N) is 2. The van der Waals surface area contributed by atoms with Gasteiger partial charge in [-0.3, -0.25) is 23.5 Å². The third-order valence-electron chi connectivity index (χ3n) is 4.07. The highest BCUT2D eigenvalue weighted by Crippen LogP contribution is 2.05. The minimum absolute atomic E-state index is 0.320. The molecule has 10 nitrogen and oxygen atoms in total. The number of Topliss-reactive ketones (excluding diaryl/α,β-unsaturated/α-hetero) is 1. The van der Waals surface area contributed by atoms with Crippen molar-refractivity contribution < 1.29 is 19.1 Å². The maximum absolute atomic E-state index is 12.3. The molecule has 0 spiro atoms. The van der Waals surface area contributed by atoms with Crippen LogP contribution in [0.25, 0.3) is 0 Å². The van der Waals surface area contributed by atoms with Crippen LogP contribution in [0, 0.1) is 0 Å². The number of hydrogen-bond acceptors (Lipinski definition) is 7. The number of nitrogens with two attached hydrogens (primary N) is 1. The van der Waals surface area contributed by atoms with Gasteiger partial charge in [-0.2, -0.15) is 0 Å². The lowest BCUT2D eigenvalue weighted by Gasteiger charge is -2.14. The predicted octanol–water partition coefficient (Wildman–Crippen LogP) is -0.789. The molecule has 0 radical (unpaired) electrons. The van der Waals surface area contributed by atoms with Crippen LogP contribution in [0.15, 0.2) is 39.9 Å². The molecule has 1 atom stereocenters. The van der Waals surface area contributed by atoms with Crippen LogP contribution in [-0.2, 0) is 23.6 Å². The van der Waals surface area contributed by atoms with Gasteiger partial charge in [-0.05, 0) is 19.1 Å². The summed E-state index contributed by atoms with van der Waals surface area (Å²) in [7, 11) is 2.51. The molecule has 2 aromatic rings. The summed E-state index contributed by atoms with van der Waals surface area (Å²) in [4.78, 5) is 60.3. The van der Waals surface area contributed by atoms with Crippen LogP contribution >= 0.6 is 0 Å². The van der Waals surface area contributed by atoms with Crippen molar-refractivity contribution in [2.45, 2.75) is 13.0 Å². The number of esters is 1. The third kappa shape index (κ3) is 4.17. The number of nitrogens with one attached hydrogen (secondary N) is 1. The van der Waals surface area contributed by atoms with E-state index in [-0.39, 0.29) is 5.82 Å². The van der Waals surface area contributed by atoms with Crippen molar-refractivity contribution in [3.05, 3.63) is 62.3 Å². The number of benzene rings is 1. The SMILES string of the molecule is CC(NC(=O)c1ccccc1)C(=O)OCC(=O)c1c(N)n(C)c(=O)n(C)c1=O. The zero-order valence-corrected chi connectivity index (χ0v) is 15.6. The number of carbonyl (C=O) groups is 3. The number of rotatable bonds is 6. The molecule has 3 N–H and O–H groups in total. The summed E-state index contributed by atoms with van der Waals surface area (Å²) in [5.41, 5.74) is 4.03. The first kappa shape index (κ1) is 20.6. The van der Waals surface area contributed by atoms with Crippen LogP contribution in [0.5, 0.6) is 0 Å². The molecule has 1 aromatic carbocycles. The maximum atomic E-state index is 12.3. The number of hydrogen-bond donors (Lipinski definition) is 2. The van der Waals surface area contributed by atoms with E-state index in [9.17, 15) is 24.0 Å². The van der Waals surface area contributed by atoms with Gasteiger partial charge in [-0.1, -0.05) is 18.2 Å². The summed E-state index contributed by atoms with van der Waals surface area (Å²) in [6.45, 7) is 0.634. The molecule has 28 heavy (non-hydrogen) atoms. The molecule has 0 fully saturated rings. The Labute approximate surface area is 159 Å². The standard InChI is InChI=1S/C18H20N4O6/c1-10(20-15(24)11-7-5-4-6-8-11)17(26)28-9-12(23)13-14(19)21(2)18(27)22(3)16(13)25/h4-8,10H,9,19H2,1-3H3,(H,20,24). The fraction of sp³-hybridized carbons (Fsp3) is 0.278. The molecule has 0 aliphatic carbocycles. The molecule has 1 unspecified atom stereocenters. The Kier molecular flexibility index (Phi) is 6.14. The lowest BCUT2D eigenvalue weighted by molar-refractivity contribution is -0.144. The first-order chi connectivity index (χ1) is 13.1. The van der Waals surface area contributed by atoms with Gasteiger partial charge in [-0.15, -0.1) is 0 Å². The van der Waals surface area contributed by atoms with Gasteiger partial charge in [0.2, 0.25) is 5.78 Å². The second-order valence-electron chi connectivity index (χ2n) is 6.06. The van der Waals surface area contributed by atoms with Crippen molar-refractivity contribution >= 4 is 23.5 Å². The Morgan fingerprint density at radius 2 is 1.71 bits per heavy atom. The van der Waals surface area contributed by atoms with E-state index in [1.54, 1.807) is 30.3 Å². The van der Waals surface area contributed by atoms with Gasteiger partial charge in [0.1, 0.15) is 17.4 Å². The van der Waals surface area contributed by atoms with Gasteiger partial charge >= 0.3 is 11.7 Å². The largest absolute Gasteiger partial charge is 0.456 e. The minimum Gasteiger partial charge on any atom is -0.456 e. The van der Waals surface area contributed by atoms with Gasteiger partial charge < -0.3 is 15.8 Å². The van der Waals surface area contributed by atoms with E-state index in [0.717, 1.165) is 9.13 Å². The molecule has 1 amide bonds. The van der Waals surface area contributed by atoms with Crippen molar-refractivity contribution in [3.63, 3.8) is 0 Å². The van der Waals surface area contributed by atoms with Crippen LogP contribution in [0.1, 0.15) is 27.6 Å². The zero-order valence-electron chi connectivity index (χ0n) is 15.6. The van der Waals surface area contributed by atoms with Gasteiger partial charge in [0, 0.05) is 19.7 Å². The number of aromatic nitrogens is 2. The first-order valence-corrected chi connectivity index (χ1v) is 8.26. The molecule has 0 aliphatic rings. The van der Waals surface area contributed by atoms with Gasteiger partial charge in [0.25, 0.3) is 11.5 Å². The molecule has 148 valence electrons. The number of ketones is 1. The monoisotopic (exact) mass is 388 g/mol. The number of anilines is 1. The molecular formula is C18H20N4O6. The van der Waals surface area contributed by atoms with Crippen molar-refractivity contribution in [1.82, 2.24) is 14.5 Å². The highest BCUT2D eigenvalue weighted by atomic mass is 16.5. The van der Waals surface area contributed by atoms with E-state index >= 15 is 0 Å². The number of amides is 1. The fourth-order valence-electron chi connectivity index (χ4n) is 2.38. The Morgan fingerprint density at radius 3 is 2.32 bits per heavy atom. The zero-order chi connectivity index (χ0) is 21.0. The summed E-state index contributed by atoms with van der Waals surface area (Å²) < 4.78 is 6.56. The van der Waals surface area contributed by atoms with Crippen molar-refractivity contribution in [2.75, 3.05) is 12.3 Å². The Balaban J connectivity index is 2.05. The van der Waals surface area contributed by atoms with Gasteiger partial charge in [0.15, 0.2) is 6.61 Å². The predicted molar refractivity (Wildman–Crippen MR) is 100.0 cm³/mol. The summed E-state index contributed by atoms with van der Waals surface area (Å²) >= 11 is 0. The van der Waals surface area contributed by atoms with Crippen LogP contribution in [0.3, 0.4) is 0 Å². The van der Waals surface area contributed by atoms with Crippen LogP contribution < -0.4 is 22.3 Å². The normalized spacial score (nSPS) is 11.5. The maximum Gasteiger partial charge on any atom is 0.332 e. The fourth-order valence-corrected chi connectivity index (χ4v) is 2.38. The average Bonchev–Trinajstić information content (AvgIpc) is 2.69. The quantitative estimate of drug-likeness (QED) is 0.488. The first-order valence-electron chi connectivity index (χ1n) is 8.26. The van der Waals surface area contributed by atoms with E-state index in [4.69, 9.17) is 10.5 Å². The van der Waals surface area contributed by atoms with Crippen molar-refractivity contribution in [3.8, 4) is 0 Å².